The highest BCUT2D eigenvalue weighted by molar-refractivity contribution is 14.1. The minimum Gasteiger partial charge on any atom is -0.456 e. The molecule has 3 heteroatoms. The summed E-state index contributed by atoms with van der Waals surface area (Å²) in [6, 6.07) is 16.9. The first-order valence-electron chi connectivity index (χ1n) is 7.50. The molecule has 21 heavy (non-hydrogen) atoms. The molecule has 2 nitrogen and oxygen atoms in total. The van der Waals surface area contributed by atoms with Crippen LogP contribution in [0, 0.1) is 3.57 Å². The zero-order valence-corrected chi connectivity index (χ0v) is 14.8. The van der Waals surface area contributed by atoms with Crippen LogP contribution in [0.5, 0.6) is 11.5 Å². The maximum Gasteiger partial charge on any atom is 0.140 e. The minimum atomic E-state index is 0.427. The van der Waals surface area contributed by atoms with Crippen molar-refractivity contribution in [3.8, 4) is 11.5 Å². The molecule has 2 aromatic carbocycles. The summed E-state index contributed by atoms with van der Waals surface area (Å²) in [6.07, 6.45) is 2.25. The molecule has 0 fully saturated rings. The Labute approximate surface area is 141 Å². The molecule has 0 aliphatic rings. The Bertz CT molecular complexity index is 553. The number of para-hydroxylation sites is 1. The van der Waals surface area contributed by atoms with Gasteiger partial charge in [-0.15, -0.1) is 0 Å². The maximum atomic E-state index is 5.93. The number of halogens is 1. The van der Waals surface area contributed by atoms with E-state index in [4.69, 9.17) is 4.74 Å². The van der Waals surface area contributed by atoms with Crippen LogP contribution in [0.4, 0.5) is 0 Å². The van der Waals surface area contributed by atoms with E-state index < -0.39 is 0 Å². The van der Waals surface area contributed by atoms with Crippen molar-refractivity contribution in [2.75, 3.05) is 6.54 Å². The first-order valence-corrected chi connectivity index (χ1v) is 8.58. The van der Waals surface area contributed by atoms with Gasteiger partial charge in [0.05, 0.1) is 3.57 Å². The van der Waals surface area contributed by atoms with Crippen molar-refractivity contribution < 1.29 is 4.74 Å². The monoisotopic (exact) mass is 395 g/mol. The molecule has 2 rings (SSSR count). The third kappa shape index (κ3) is 4.71. The average molecular weight is 395 g/mol. The Balaban J connectivity index is 2.06. The van der Waals surface area contributed by atoms with E-state index in [1.807, 2.05) is 24.3 Å². The summed E-state index contributed by atoms with van der Waals surface area (Å²) in [6.45, 7) is 5.46. The zero-order valence-electron chi connectivity index (χ0n) is 12.6. The van der Waals surface area contributed by atoms with Gasteiger partial charge < -0.3 is 10.1 Å². The van der Waals surface area contributed by atoms with E-state index in [1.54, 1.807) is 0 Å². The highest BCUT2D eigenvalue weighted by Crippen LogP contribution is 2.27. The van der Waals surface area contributed by atoms with Gasteiger partial charge in [0.2, 0.25) is 0 Å². The topological polar surface area (TPSA) is 21.3 Å². The summed E-state index contributed by atoms with van der Waals surface area (Å²) in [5.41, 5.74) is 1.32. The predicted molar refractivity (Wildman–Crippen MR) is 97.0 cm³/mol. The number of ether oxygens (including phenoxy) is 1. The first kappa shape index (κ1) is 16.3. The number of benzene rings is 2. The number of hydrogen-bond donors (Lipinski definition) is 1. The lowest BCUT2D eigenvalue weighted by molar-refractivity contribution is 0.477. The quantitative estimate of drug-likeness (QED) is 0.622. The van der Waals surface area contributed by atoms with Crippen molar-refractivity contribution >= 4 is 22.6 Å². The highest BCUT2D eigenvalue weighted by atomic mass is 127. The van der Waals surface area contributed by atoms with Crippen LogP contribution in [-0.4, -0.2) is 6.54 Å². The molecule has 0 amide bonds. The Hall–Kier alpha value is -1.07. The molecule has 0 aliphatic carbocycles. The van der Waals surface area contributed by atoms with Gasteiger partial charge in [0, 0.05) is 6.04 Å². The average Bonchev–Trinajstić information content (AvgIpc) is 2.52. The van der Waals surface area contributed by atoms with Gasteiger partial charge >= 0.3 is 0 Å². The van der Waals surface area contributed by atoms with Crippen LogP contribution in [0.15, 0.2) is 48.5 Å². The van der Waals surface area contributed by atoms with E-state index in [-0.39, 0.29) is 0 Å². The molecule has 0 heterocycles. The van der Waals surface area contributed by atoms with Crippen molar-refractivity contribution in [2.45, 2.75) is 32.7 Å². The molecule has 1 unspecified atom stereocenters. The molecular formula is C18H22INO. The number of rotatable bonds is 7. The van der Waals surface area contributed by atoms with Crippen LogP contribution >= 0.6 is 22.6 Å². The van der Waals surface area contributed by atoms with E-state index in [2.05, 4.69) is 66.0 Å². The van der Waals surface area contributed by atoms with Gasteiger partial charge in [-0.25, -0.2) is 0 Å². The molecular weight excluding hydrogens is 373 g/mol. The Kier molecular flexibility index (Phi) is 6.51. The fourth-order valence-electron chi connectivity index (χ4n) is 2.24. The van der Waals surface area contributed by atoms with Crippen LogP contribution in [-0.2, 0) is 0 Å². The number of hydrogen-bond acceptors (Lipinski definition) is 2. The molecule has 1 atom stereocenters. The molecule has 0 spiro atoms. The first-order chi connectivity index (χ1) is 10.2. The lowest BCUT2D eigenvalue weighted by Gasteiger charge is -2.17. The normalized spacial score (nSPS) is 12.1. The highest BCUT2D eigenvalue weighted by Gasteiger charge is 2.08. The van der Waals surface area contributed by atoms with Gasteiger partial charge in [-0.3, -0.25) is 0 Å². The van der Waals surface area contributed by atoms with E-state index in [9.17, 15) is 0 Å². The summed E-state index contributed by atoms with van der Waals surface area (Å²) in [4.78, 5) is 0. The van der Waals surface area contributed by atoms with Crippen LogP contribution in [0.2, 0.25) is 0 Å². The SMILES string of the molecule is CCCNC(CC)c1ccc(Oc2ccccc2I)cc1. The molecule has 112 valence electrons. The van der Waals surface area contributed by atoms with Crippen LogP contribution < -0.4 is 10.1 Å². The van der Waals surface area contributed by atoms with E-state index in [0.29, 0.717) is 6.04 Å². The lowest BCUT2D eigenvalue weighted by atomic mass is 10.0. The second-order valence-electron chi connectivity index (χ2n) is 5.02. The fourth-order valence-corrected chi connectivity index (χ4v) is 2.74. The molecule has 0 saturated carbocycles. The zero-order chi connectivity index (χ0) is 15.1. The third-order valence-electron chi connectivity index (χ3n) is 3.40. The Morgan fingerprint density at radius 2 is 1.76 bits per heavy atom. The van der Waals surface area contributed by atoms with Gasteiger partial charge in [0.1, 0.15) is 11.5 Å². The van der Waals surface area contributed by atoms with Crippen molar-refractivity contribution in [3.05, 3.63) is 57.7 Å². The Morgan fingerprint density at radius 3 is 2.38 bits per heavy atom. The van der Waals surface area contributed by atoms with Gasteiger partial charge in [-0.1, -0.05) is 38.1 Å². The lowest BCUT2D eigenvalue weighted by Crippen LogP contribution is -2.21. The van der Waals surface area contributed by atoms with E-state index >= 15 is 0 Å². The van der Waals surface area contributed by atoms with Gasteiger partial charge in [-0.05, 0) is 71.8 Å². The predicted octanol–water partition coefficient (Wildman–Crippen LogP) is 5.53. The summed E-state index contributed by atoms with van der Waals surface area (Å²) >= 11 is 2.29. The molecule has 1 N–H and O–H groups in total. The maximum absolute atomic E-state index is 5.93. The van der Waals surface area contributed by atoms with Gasteiger partial charge in [0.15, 0.2) is 0 Å². The van der Waals surface area contributed by atoms with E-state index in [1.165, 1.54) is 5.56 Å². The Morgan fingerprint density at radius 1 is 1.05 bits per heavy atom. The largest absolute Gasteiger partial charge is 0.456 e. The van der Waals surface area contributed by atoms with Crippen LogP contribution in [0.3, 0.4) is 0 Å². The second kappa shape index (κ2) is 8.39. The van der Waals surface area contributed by atoms with Crippen LogP contribution in [0.1, 0.15) is 38.3 Å². The van der Waals surface area contributed by atoms with Crippen molar-refractivity contribution in [1.29, 1.82) is 0 Å². The number of nitrogens with one attached hydrogen (secondary N) is 1. The molecule has 0 bridgehead atoms. The van der Waals surface area contributed by atoms with Gasteiger partial charge in [0.25, 0.3) is 0 Å². The standard InChI is InChI=1S/C18H22INO/c1-3-13-20-17(4-2)14-9-11-15(12-10-14)21-18-8-6-5-7-16(18)19/h5-12,17,20H,3-4,13H2,1-2H3. The molecule has 0 saturated heterocycles. The summed E-state index contributed by atoms with van der Waals surface area (Å²) < 4.78 is 7.05. The van der Waals surface area contributed by atoms with Crippen LogP contribution in [0.25, 0.3) is 0 Å². The van der Waals surface area contributed by atoms with Crippen molar-refractivity contribution in [2.24, 2.45) is 0 Å². The van der Waals surface area contributed by atoms with Crippen molar-refractivity contribution in [3.63, 3.8) is 0 Å². The summed E-state index contributed by atoms with van der Waals surface area (Å²) in [7, 11) is 0. The molecule has 2 aromatic rings. The summed E-state index contributed by atoms with van der Waals surface area (Å²) in [5, 5.41) is 3.57. The minimum absolute atomic E-state index is 0.427. The molecule has 0 aliphatic heterocycles. The fraction of sp³-hybridized carbons (Fsp3) is 0.333. The molecule has 0 aromatic heterocycles. The summed E-state index contributed by atoms with van der Waals surface area (Å²) in [5.74, 6) is 1.79. The smallest absolute Gasteiger partial charge is 0.140 e. The third-order valence-corrected chi connectivity index (χ3v) is 4.29. The second-order valence-corrected chi connectivity index (χ2v) is 6.18. The van der Waals surface area contributed by atoms with Crippen molar-refractivity contribution in [1.82, 2.24) is 5.32 Å². The molecule has 0 radical (unpaired) electrons. The van der Waals surface area contributed by atoms with Gasteiger partial charge in [-0.2, -0.15) is 0 Å². The van der Waals surface area contributed by atoms with E-state index in [0.717, 1.165) is 34.5 Å².